The van der Waals surface area contributed by atoms with Crippen LogP contribution in [0.3, 0.4) is 0 Å². The zero-order chi connectivity index (χ0) is 17.4. The lowest BCUT2D eigenvalue weighted by atomic mass is 10.1. The third-order valence-electron chi connectivity index (χ3n) is 4.95. The topological polar surface area (TPSA) is 63.7 Å². The van der Waals surface area contributed by atoms with E-state index in [0.29, 0.717) is 18.7 Å². The van der Waals surface area contributed by atoms with Gasteiger partial charge in [-0.3, -0.25) is 4.79 Å². The minimum absolute atomic E-state index is 0.0616. The average Bonchev–Trinajstić information content (AvgIpc) is 3.17. The number of hydrogen-bond acceptors (Lipinski definition) is 4. The van der Waals surface area contributed by atoms with Crippen molar-refractivity contribution in [3.05, 3.63) is 54.6 Å². The third kappa shape index (κ3) is 3.14. The molecule has 2 saturated heterocycles. The molecule has 2 heterocycles. The number of ether oxygens (including phenoxy) is 1. The van der Waals surface area contributed by atoms with Gasteiger partial charge in [0, 0.05) is 12.6 Å². The lowest BCUT2D eigenvalue weighted by Crippen LogP contribution is -2.45. The summed E-state index contributed by atoms with van der Waals surface area (Å²) in [6.45, 7) is 0.246. The highest BCUT2D eigenvalue weighted by atomic mass is 32.2. The molecule has 0 radical (unpaired) electrons. The lowest BCUT2D eigenvalue weighted by Gasteiger charge is -2.26. The number of fused-ring (bicyclic) bond motifs is 2. The molecular formula is C19H19NO4S. The van der Waals surface area contributed by atoms with Crippen LogP contribution in [0.15, 0.2) is 54.6 Å². The SMILES string of the molecule is O=C(COc1ccc(-c2ccccc2)cc1)N1CC2CC1CS2(=O)=O. The number of benzene rings is 2. The van der Waals surface area contributed by atoms with Crippen molar-refractivity contribution < 1.29 is 17.9 Å². The van der Waals surface area contributed by atoms with Crippen LogP contribution in [0.5, 0.6) is 5.75 Å². The van der Waals surface area contributed by atoms with Crippen molar-refractivity contribution in [1.82, 2.24) is 4.90 Å². The van der Waals surface area contributed by atoms with Gasteiger partial charge >= 0.3 is 0 Å². The van der Waals surface area contributed by atoms with E-state index in [-0.39, 0.29) is 29.6 Å². The third-order valence-corrected chi connectivity index (χ3v) is 7.16. The number of carbonyl (C=O) groups is 1. The number of carbonyl (C=O) groups excluding carboxylic acids is 1. The molecule has 0 saturated carbocycles. The largest absolute Gasteiger partial charge is 0.484 e. The van der Waals surface area contributed by atoms with Gasteiger partial charge in [0.1, 0.15) is 5.75 Å². The van der Waals surface area contributed by atoms with E-state index in [1.807, 2.05) is 54.6 Å². The predicted molar refractivity (Wildman–Crippen MR) is 95.1 cm³/mol. The summed E-state index contributed by atoms with van der Waals surface area (Å²) in [6, 6.07) is 17.5. The fraction of sp³-hybridized carbons (Fsp3) is 0.316. The molecule has 2 bridgehead atoms. The summed E-state index contributed by atoms with van der Waals surface area (Å²) in [5.41, 5.74) is 2.21. The maximum absolute atomic E-state index is 12.3. The van der Waals surface area contributed by atoms with E-state index in [2.05, 4.69) is 0 Å². The van der Waals surface area contributed by atoms with Gasteiger partial charge in [-0.05, 0) is 29.7 Å². The molecule has 0 N–H and O–H groups in total. The molecule has 4 rings (SSSR count). The van der Waals surface area contributed by atoms with Crippen LogP contribution >= 0.6 is 0 Å². The van der Waals surface area contributed by atoms with Crippen LogP contribution in [-0.2, 0) is 14.6 Å². The summed E-state index contributed by atoms with van der Waals surface area (Å²) >= 11 is 0. The first kappa shape index (κ1) is 16.1. The van der Waals surface area contributed by atoms with E-state index in [9.17, 15) is 13.2 Å². The summed E-state index contributed by atoms with van der Waals surface area (Å²) in [4.78, 5) is 14.0. The second-order valence-corrected chi connectivity index (χ2v) is 8.89. The van der Waals surface area contributed by atoms with Crippen molar-refractivity contribution in [3.8, 4) is 16.9 Å². The Labute approximate surface area is 147 Å². The molecule has 6 heteroatoms. The predicted octanol–water partition coefficient (Wildman–Crippen LogP) is 2.13. The summed E-state index contributed by atoms with van der Waals surface area (Å²) in [6.07, 6.45) is 0.569. The van der Waals surface area contributed by atoms with Gasteiger partial charge in [-0.15, -0.1) is 0 Å². The molecule has 130 valence electrons. The lowest BCUT2D eigenvalue weighted by molar-refractivity contribution is -0.133. The molecule has 2 aromatic carbocycles. The van der Waals surface area contributed by atoms with E-state index in [4.69, 9.17) is 4.74 Å². The average molecular weight is 357 g/mol. The summed E-state index contributed by atoms with van der Waals surface area (Å²) in [7, 11) is -2.99. The molecule has 2 fully saturated rings. The minimum atomic E-state index is -2.99. The van der Waals surface area contributed by atoms with Gasteiger partial charge < -0.3 is 9.64 Å². The Bertz CT molecular complexity index is 877. The number of rotatable bonds is 4. The van der Waals surface area contributed by atoms with Crippen LogP contribution in [0.4, 0.5) is 0 Å². The van der Waals surface area contributed by atoms with Crippen LogP contribution in [0.25, 0.3) is 11.1 Å². The second-order valence-electron chi connectivity index (χ2n) is 6.57. The van der Waals surface area contributed by atoms with Crippen LogP contribution in [0.2, 0.25) is 0 Å². The second kappa shape index (κ2) is 6.19. The van der Waals surface area contributed by atoms with E-state index in [1.54, 1.807) is 4.90 Å². The highest BCUT2D eigenvalue weighted by molar-refractivity contribution is 7.92. The van der Waals surface area contributed by atoms with Gasteiger partial charge in [0.15, 0.2) is 16.4 Å². The molecule has 1 amide bonds. The minimum Gasteiger partial charge on any atom is -0.484 e. The fourth-order valence-electron chi connectivity index (χ4n) is 3.60. The Morgan fingerprint density at radius 1 is 1.04 bits per heavy atom. The summed E-state index contributed by atoms with van der Waals surface area (Å²) in [5, 5.41) is -0.383. The quantitative estimate of drug-likeness (QED) is 0.841. The molecule has 2 aliphatic heterocycles. The highest BCUT2D eigenvalue weighted by Gasteiger charge is 2.49. The van der Waals surface area contributed by atoms with Crippen molar-refractivity contribution in [2.45, 2.75) is 17.7 Å². The van der Waals surface area contributed by atoms with E-state index in [0.717, 1.165) is 11.1 Å². The highest BCUT2D eigenvalue weighted by Crippen LogP contribution is 2.33. The molecular weight excluding hydrogens is 338 g/mol. The molecule has 0 spiro atoms. The first-order valence-electron chi connectivity index (χ1n) is 8.32. The first-order valence-corrected chi connectivity index (χ1v) is 10.0. The van der Waals surface area contributed by atoms with E-state index >= 15 is 0 Å². The van der Waals surface area contributed by atoms with Crippen LogP contribution < -0.4 is 4.74 Å². The van der Waals surface area contributed by atoms with Gasteiger partial charge in [-0.1, -0.05) is 42.5 Å². The van der Waals surface area contributed by atoms with Gasteiger partial charge in [0.25, 0.3) is 5.91 Å². The Morgan fingerprint density at radius 3 is 2.32 bits per heavy atom. The Balaban J connectivity index is 1.35. The Hall–Kier alpha value is -2.34. The molecule has 2 aliphatic rings. The Kier molecular flexibility index (Phi) is 4.00. The number of hydrogen-bond donors (Lipinski definition) is 0. The smallest absolute Gasteiger partial charge is 0.260 e. The van der Waals surface area contributed by atoms with Crippen molar-refractivity contribution >= 4 is 15.7 Å². The molecule has 2 aromatic rings. The standard InChI is InChI=1S/C19H19NO4S/c21-19(20-11-18-10-16(20)13-25(18,22)23)12-24-17-8-6-15(7-9-17)14-4-2-1-3-5-14/h1-9,16,18H,10-13H2. The molecule has 25 heavy (non-hydrogen) atoms. The van der Waals surface area contributed by atoms with Gasteiger partial charge in [0.05, 0.1) is 11.0 Å². The summed E-state index contributed by atoms with van der Waals surface area (Å²) < 4.78 is 29.1. The maximum atomic E-state index is 12.3. The van der Waals surface area contributed by atoms with Crippen LogP contribution in [0, 0.1) is 0 Å². The van der Waals surface area contributed by atoms with Crippen molar-refractivity contribution in [1.29, 1.82) is 0 Å². The summed E-state index contributed by atoms with van der Waals surface area (Å²) in [5.74, 6) is 0.578. The fourth-order valence-corrected chi connectivity index (χ4v) is 5.63. The zero-order valence-corrected chi connectivity index (χ0v) is 14.5. The van der Waals surface area contributed by atoms with E-state index in [1.165, 1.54) is 0 Å². The van der Waals surface area contributed by atoms with Crippen molar-refractivity contribution in [3.63, 3.8) is 0 Å². The monoisotopic (exact) mass is 357 g/mol. The first-order chi connectivity index (χ1) is 12.0. The molecule has 5 nitrogen and oxygen atoms in total. The van der Waals surface area contributed by atoms with Crippen LogP contribution in [0.1, 0.15) is 6.42 Å². The van der Waals surface area contributed by atoms with Gasteiger partial charge in [0.2, 0.25) is 0 Å². The van der Waals surface area contributed by atoms with Crippen LogP contribution in [-0.4, -0.2) is 49.4 Å². The zero-order valence-electron chi connectivity index (χ0n) is 13.7. The van der Waals surface area contributed by atoms with Gasteiger partial charge in [-0.25, -0.2) is 8.42 Å². The molecule has 0 aliphatic carbocycles. The van der Waals surface area contributed by atoms with Crippen molar-refractivity contribution in [2.24, 2.45) is 0 Å². The molecule has 2 atom stereocenters. The normalized spacial score (nSPS) is 23.6. The molecule has 2 unspecified atom stereocenters. The number of nitrogens with zero attached hydrogens (tertiary/aromatic N) is 1. The number of sulfone groups is 1. The van der Waals surface area contributed by atoms with Gasteiger partial charge in [-0.2, -0.15) is 0 Å². The number of likely N-dealkylation sites (tertiary alicyclic amines) is 1. The van der Waals surface area contributed by atoms with E-state index < -0.39 is 9.84 Å². The van der Waals surface area contributed by atoms with Crippen molar-refractivity contribution in [2.75, 3.05) is 18.9 Å². The molecule has 0 aromatic heterocycles. The Morgan fingerprint density at radius 2 is 1.72 bits per heavy atom. The maximum Gasteiger partial charge on any atom is 0.260 e. The number of amides is 1.